The molecule has 1 fully saturated rings. The van der Waals surface area contributed by atoms with E-state index < -0.39 is 0 Å². The predicted octanol–water partition coefficient (Wildman–Crippen LogP) is 2.02. The molecule has 0 amide bonds. The quantitative estimate of drug-likeness (QED) is 0.695. The molecule has 0 aromatic heterocycles. The Hall–Kier alpha value is -0.340. The topological polar surface area (TPSA) is 15.3 Å². The summed E-state index contributed by atoms with van der Waals surface area (Å²) in [6.07, 6.45) is 6.91. The third-order valence-corrected chi connectivity index (χ3v) is 3.14. The van der Waals surface area contributed by atoms with Gasteiger partial charge in [0.05, 0.1) is 0 Å². The van der Waals surface area contributed by atoms with Crippen LogP contribution in [0.1, 0.15) is 33.6 Å². The minimum Gasteiger partial charge on any atom is -0.313 e. The number of hydrogen-bond acceptors (Lipinski definition) is 2. The van der Waals surface area contributed by atoms with Crippen molar-refractivity contribution in [2.75, 3.05) is 19.6 Å². The Morgan fingerprint density at radius 1 is 1.50 bits per heavy atom. The number of allylic oxidation sites excluding steroid dienone is 1. The molecule has 2 unspecified atom stereocenters. The summed E-state index contributed by atoms with van der Waals surface area (Å²) in [6.45, 7) is 10.2. The highest BCUT2D eigenvalue weighted by molar-refractivity contribution is 4.87. The molecule has 1 rings (SSSR count). The van der Waals surface area contributed by atoms with Crippen molar-refractivity contribution in [2.45, 2.75) is 45.7 Å². The van der Waals surface area contributed by atoms with E-state index in [4.69, 9.17) is 0 Å². The summed E-state index contributed by atoms with van der Waals surface area (Å²) in [4.78, 5) is 2.58. The van der Waals surface area contributed by atoms with Crippen molar-refractivity contribution in [1.82, 2.24) is 10.2 Å². The zero-order valence-electron chi connectivity index (χ0n) is 9.79. The zero-order valence-corrected chi connectivity index (χ0v) is 9.79. The van der Waals surface area contributed by atoms with Crippen molar-refractivity contribution < 1.29 is 0 Å². The van der Waals surface area contributed by atoms with Gasteiger partial charge in [-0.05, 0) is 33.2 Å². The molecule has 1 N–H and O–H groups in total. The summed E-state index contributed by atoms with van der Waals surface area (Å²) >= 11 is 0. The molecular formula is C12H24N2. The molecular weight excluding hydrogens is 172 g/mol. The van der Waals surface area contributed by atoms with Gasteiger partial charge in [-0.3, -0.25) is 4.90 Å². The smallest absolute Gasteiger partial charge is 0.0192 e. The highest BCUT2D eigenvalue weighted by atomic mass is 15.2. The average Bonchev–Trinajstić information content (AvgIpc) is 2.37. The van der Waals surface area contributed by atoms with Crippen molar-refractivity contribution in [3.8, 4) is 0 Å². The molecule has 14 heavy (non-hydrogen) atoms. The lowest BCUT2D eigenvalue weighted by atomic mass is 10.2. The monoisotopic (exact) mass is 196 g/mol. The van der Waals surface area contributed by atoms with Gasteiger partial charge in [0.15, 0.2) is 0 Å². The molecule has 1 heterocycles. The number of rotatable bonds is 3. The summed E-state index contributed by atoms with van der Waals surface area (Å²) in [5, 5.41) is 3.60. The van der Waals surface area contributed by atoms with E-state index in [-0.39, 0.29) is 0 Å². The molecule has 1 aliphatic rings. The summed E-state index contributed by atoms with van der Waals surface area (Å²) in [5.41, 5.74) is 0. The molecule has 0 aliphatic carbocycles. The van der Waals surface area contributed by atoms with Crippen molar-refractivity contribution in [3.63, 3.8) is 0 Å². The zero-order chi connectivity index (χ0) is 10.4. The standard InChI is InChI=1S/C12H24N2/c1-4-6-9-14-10-12(5-2)13-8-7-11(14)3/h4,6,11-13H,5,7-10H2,1-3H3/b6-4+. The summed E-state index contributed by atoms with van der Waals surface area (Å²) in [5.74, 6) is 0. The lowest BCUT2D eigenvalue weighted by molar-refractivity contribution is 0.225. The molecule has 1 saturated heterocycles. The average molecular weight is 196 g/mol. The van der Waals surface area contributed by atoms with Gasteiger partial charge >= 0.3 is 0 Å². The van der Waals surface area contributed by atoms with Crippen LogP contribution in [0.15, 0.2) is 12.2 Å². The first-order chi connectivity index (χ1) is 6.77. The molecule has 2 heteroatoms. The van der Waals surface area contributed by atoms with E-state index in [0.717, 1.165) is 12.6 Å². The van der Waals surface area contributed by atoms with Crippen molar-refractivity contribution in [3.05, 3.63) is 12.2 Å². The predicted molar refractivity (Wildman–Crippen MR) is 62.5 cm³/mol. The molecule has 2 nitrogen and oxygen atoms in total. The molecule has 0 aromatic rings. The van der Waals surface area contributed by atoms with Crippen LogP contribution in [0.2, 0.25) is 0 Å². The van der Waals surface area contributed by atoms with Gasteiger partial charge in [-0.1, -0.05) is 19.1 Å². The van der Waals surface area contributed by atoms with E-state index in [0.29, 0.717) is 6.04 Å². The lowest BCUT2D eigenvalue weighted by Crippen LogP contribution is -2.39. The molecule has 82 valence electrons. The van der Waals surface area contributed by atoms with Crippen molar-refractivity contribution >= 4 is 0 Å². The van der Waals surface area contributed by atoms with Crippen LogP contribution >= 0.6 is 0 Å². The first-order valence-electron chi connectivity index (χ1n) is 5.86. The van der Waals surface area contributed by atoms with E-state index in [1.165, 1.54) is 25.9 Å². The Balaban J connectivity index is 2.49. The highest BCUT2D eigenvalue weighted by Crippen LogP contribution is 2.10. The molecule has 0 radical (unpaired) electrons. The second-order valence-electron chi connectivity index (χ2n) is 4.22. The molecule has 0 spiro atoms. The fourth-order valence-electron chi connectivity index (χ4n) is 1.98. The Kier molecular flexibility index (Phi) is 5.20. The third kappa shape index (κ3) is 3.43. The maximum Gasteiger partial charge on any atom is 0.0192 e. The maximum atomic E-state index is 3.60. The maximum absolute atomic E-state index is 3.60. The van der Waals surface area contributed by atoms with Crippen LogP contribution in [-0.2, 0) is 0 Å². The van der Waals surface area contributed by atoms with Crippen LogP contribution in [0.25, 0.3) is 0 Å². The highest BCUT2D eigenvalue weighted by Gasteiger charge is 2.20. The van der Waals surface area contributed by atoms with E-state index in [1.54, 1.807) is 0 Å². The summed E-state index contributed by atoms with van der Waals surface area (Å²) in [6, 6.07) is 1.40. The SMILES string of the molecule is C/C=C/CN1CC(CC)NCCC1C. The van der Waals surface area contributed by atoms with E-state index in [2.05, 4.69) is 43.1 Å². The minimum absolute atomic E-state index is 0.685. The van der Waals surface area contributed by atoms with Gasteiger partial charge in [-0.25, -0.2) is 0 Å². The fourth-order valence-corrected chi connectivity index (χ4v) is 1.98. The number of nitrogens with one attached hydrogen (secondary N) is 1. The normalized spacial score (nSPS) is 30.8. The van der Waals surface area contributed by atoms with Gasteiger partial charge in [0.25, 0.3) is 0 Å². The largest absolute Gasteiger partial charge is 0.313 e. The minimum atomic E-state index is 0.685. The second kappa shape index (κ2) is 6.20. The first-order valence-corrected chi connectivity index (χ1v) is 5.86. The van der Waals surface area contributed by atoms with Gasteiger partial charge in [-0.15, -0.1) is 0 Å². The van der Waals surface area contributed by atoms with Crippen LogP contribution in [0.5, 0.6) is 0 Å². The van der Waals surface area contributed by atoms with Crippen LogP contribution < -0.4 is 5.32 Å². The summed E-state index contributed by atoms with van der Waals surface area (Å²) < 4.78 is 0. The molecule has 0 saturated carbocycles. The van der Waals surface area contributed by atoms with Crippen LogP contribution in [-0.4, -0.2) is 36.6 Å². The first kappa shape index (κ1) is 11.7. The number of nitrogens with zero attached hydrogens (tertiary/aromatic N) is 1. The van der Waals surface area contributed by atoms with E-state index in [1.807, 2.05) is 0 Å². The van der Waals surface area contributed by atoms with Gasteiger partial charge in [0.1, 0.15) is 0 Å². The third-order valence-electron chi connectivity index (χ3n) is 3.14. The summed E-state index contributed by atoms with van der Waals surface area (Å²) in [7, 11) is 0. The van der Waals surface area contributed by atoms with Crippen LogP contribution in [0.3, 0.4) is 0 Å². The van der Waals surface area contributed by atoms with E-state index in [9.17, 15) is 0 Å². The Morgan fingerprint density at radius 2 is 2.29 bits per heavy atom. The van der Waals surface area contributed by atoms with Gasteiger partial charge < -0.3 is 5.32 Å². The molecule has 2 atom stereocenters. The van der Waals surface area contributed by atoms with Crippen molar-refractivity contribution in [1.29, 1.82) is 0 Å². The van der Waals surface area contributed by atoms with E-state index >= 15 is 0 Å². The van der Waals surface area contributed by atoms with Gasteiger partial charge in [-0.2, -0.15) is 0 Å². The fraction of sp³-hybridized carbons (Fsp3) is 0.833. The Bertz CT molecular complexity index is 177. The molecule has 1 aliphatic heterocycles. The number of hydrogen-bond donors (Lipinski definition) is 1. The Labute approximate surface area is 88.4 Å². The Morgan fingerprint density at radius 3 is 2.93 bits per heavy atom. The molecule has 0 aromatic carbocycles. The second-order valence-corrected chi connectivity index (χ2v) is 4.22. The lowest BCUT2D eigenvalue weighted by Gasteiger charge is -2.27. The van der Waals surface area contributed by atoms with Crippen LogP contribution in [0, 0.1) is 0 Å². The molecule has 0 bridgehead atoms. The van der Waals surface area contributed by atoms with Gasteiger partial charge in [0.2, 0.25) is 0 Å². The van der Waals surface area contributed by atoms with Crippen molar-refractivity contribution in [2.24, 2.45) is 0 Å². The van der Waals surface area contributed by atoms with Crippen LogP contribution in [0.4, 0.5) is 0 Å². The van der Waals surface area contributed by atoms with Gasteiger partial charge in [0, 0.05) is 25.2 Å².